The molecule has 0 unspecified atom stereocenters. The van der Waals surface area contributed by atoms with E-state index in [0.717, 1.165) is 9.87 Å². The maximum atomic E-state index is 14.6. The van der Waals surface area contributed by atoms with Gasteiger partial charge in [-0.2, -0.15) is 0 Å². The number of ether oxygens (including phenoxy) is 2. The normalized spacial score (nSPS) is 12.1. The third kappa shape index (κ3) is 9.27. The fraction of sp³-hybridized carbons (Fsp3) is 0.278. The monoisotopic (exact) mass is 677 g/mol. The molecule has 4 aromatic rings. The van der Waals surface area contributed by atoms with Gasteiger partial charge < -0.3 is 19.7 Å². The fourth-order valence-electron chi connectivity index (χ4n) is 5.02. The van der Waals surface area contributed by atoms with Gasteiger partial charge in [0.25, 0.3) is 10.0 Å². The van der Waals surface area contributed by atoms with Crippen molar-refractivity contribution < 1.29 is 27.5 Å². The van der Waals surface area contributed by atoms with Crippen LogP contribution in [-0.2, 0) is 32.6 Å². The van der Waals surface area contributed by atoms with Crippen molar-refractivity contribution in [3.8, 4) is 11.5 Å². The van der Waals surface area contributed by atoms with Crippen LogP contribution in [0, 0.1) is 0 Å². The number of anilines is 1. The first-order chi connectivity index (χ1) is 22.3. The molecule has 11 heteroatoms. The summed E-state index contributed by atoms with van der Waals surface area (Å²) in [4.78, 5) is 30.0. The Morgan fingerprint density at radius 3 is 1.98 bits per heavy atom. The molecule has 0 spiro atoms. The molecule has 9 nitrogen and oxygen atoms in total. The summed E-state index contributed by atoms with van der Waals surface area (Å²) in [7, 11) is -1.35. The van der Waals surface area contributed by atoms with E-state index in [1.165, 1.54) is 37.3 Å². The molecular formula is C36H40ClN3O6S. The minimum atomic E-state index is -4.27. The van der Waals surface area contributed by atoms with Gasteiger partial charge in [0.1, 0.15) is 12.6 Å². The quantitative estimate of drug-likeness (QED) is 0.183. The van der Waals surface area contributed by atoms with E-state index in [1.54, 1.807) is 54.6 Å². The van der Waals surface area contributed by atoms with Crippen molar-refractivity contribution in [2.45, 2.75) is 50.2 Å². The van der Waals surface area contributed by atoms with E-state index in [0.29, 0.717) is 16.3 Å². The number of carbonyl (C=O) groups is 2. The number of hydrogen-bond donors (Lipinski definition) is 1. The van der Waals surface area contributed by atoms with Gasteiger partial charge in [0.05, 0.1) is 24.8 Å². The molecule has 0 aliphatic rings. The zero-order valence-corrected chi connectivity index (χ0v) is 28.7. The van der Waals surface area contributed by atoms with E-state index in [-0.39, 0.29) is 35.2 Å². The van der Waals surface area contributed by atoms with Crippen LogP contribution in [-0.4, -0.2) is 57.5 Å². The van der Waals surface area contributed by atoms with Crippen molar-refractivity contribution in [3.05, 3.63) is 119 Å². The average Bonchev–Trinajstić information content (AvgIpc) is 3.05. The highest BCUT2D eigenvalue weighted by Gasteiger charge is 2.36. The molecule has 0 aliphatic carbocycles. The third-order valence-corrected chi connectivity index (χ3v) is 9.34. The Bertz CT molecular complexity index is 1760. The van der Waals surface area contributed by atoms with E-state index >= 15 is 0 Å². The van der Waals surface area contributed by atoms with Crippen molar-refractivity contribution in [1.29, 1.82) is 0 Å². The molecule has 4 aromatic carbocycles. The largest absolute Gasteiger partial charge is 0.493 e. The van der Waals surface area contributed by atoms with E-state index in [9.17, 15) is 18.0 Å². The van der Waals surface area contributed by atoms with Crippen LogP contribution in [0.5, 0.6) is 11.5 Å². The molecular weight excluding hydrogens is 638 g/mol. The van der Waals surface area contributed by atoms with Crippen LogP contribution in [0.1, 0.15) is 31.9 Å². The summed E-state index contributed by atoms with van der Waals surface area (Å²) in [5, 5.41) is 3.54. The van der Waals surface area contributed by atoms with Gasteiger partial charge in [0.15, 0.2) is 11.5 Å². The van der Waals surface area contributed by atoms with Crippen molar-refractivity contribution in [2.75, 3.05) is 25.1 Å². The lowest BCUT2D eigenvalue weighted by Crippen LogP contribution is -2.56. The van der Waals surface area contributed by atoms with Crippen LogP contribution < -0.4 is 19.1 Å². The average molecular weight is 678 g/mol. The third-order valence-electron chi connectivity index (χ3n) is 7.30. The van der Waals surface area contributed by atoms with Crippen LogP contribution in [0.15, 0.2) is 108 Å². The highest BCUT2D eigenvalue weighted by Crippen LogP contribution is 2.34. The maximum Gasteiger partial charge on any atom is 0.264 e. The lowest BCUT2D eigenvalue weighted by Gasteiger charge is -2.35. The van der Waals surface area contributed by atoms with E-state index in [4.69, 9.17) is 21.1 Å². The van der Waals surface area contributed by atoms with Gasteiger partial charge in [-0.3, -0.25) is 13.9 Å². The number of halogens is 1. The summed E-state index contributed by atoms with van der Waals surface area (Å²) < 4.78 is 40.3. The molecule has 0 aromatic heterocycles. The second kappa shape index (κ2) is 15.4. The highest BCUT2D eigenvalue weighted by atomic mass is 35.5. The Balaban J connectivity index is 1.84. The number of methoxy groups -OCH3 is 2. The fourth-order valence-corrected chi connectivity index (χ4v) is 6.57. The molecule has 0 saturated heterocycles. The number of hydrogen-bond acceptors (Lipinski definition) is 6. The Labute approximate surface area is 282 Å². The van der Waals surface area contributed by atoms with Crippen molar-refractivity contribution in [3.63, 3.8) is 0 Å². The summed E-state index contributed by atoms with van der Waals surface area (Å²) in [5.74, 6) is -0.271. The lowest BCUT2D eigenvalue weighted by atomic mass is 10.0. The summed E-state index contributed by atoms with van der Waals surface area (Å²) in [5.41, 5.74) is 1.14. The second-order valence-electron chi connectivity index (χ2n) is 12.0. The molecule has 4 rings (SSSR count). The molecule has 47 heavy (non-hydrogen) atoms. The Morgan fingerprint density at radius 1 is 0.809 bits per heavy atom. The number of rotatable bonds is 13. The minimum Gasteiger partial charge on any atom is -0.493 e. The van der Waals surface area contributed by atoms with Gasteiger partial charge in [-0.05, 0) is 68.3 Å². The Hall–Kier alpha value is -4.54. The first kappa shape index (κ1) is 35.3. The van der Waals surface area contributed by atoms with E-state index < -0.39 is 34.1 Å². The van der Waals surface area contributed by atoms with Crippen LogP contribution >= 0.6 is 11.6 Å². The standard InChI is InChI=1S/C36H40ClN3O6S/c1-36(2,3)38-35(42)31(22-26-12-8-6-9-13-26)39(24-27-16-18-28(37)19-17-27)34(41)25-40(47(43,44)30-14-10-7-11-15-30)29-20-21-32(45-4)33(23-29)46-5/h6-21,23,31H,22,24-25H2,1-5H3,(H,38,42)/t31-/m0/s1. The molecule has 1 N–H and O–H groups in total. The van der Waals surface area contributed by atoms with Crippen LogP contribution in [0.25, 0.3) is 0 Å². The molecule has 0 heterocycles. The Kier molecular flexibility index (Phi) is 11.5. The second-order valence-corrected chi connectivity index (χ2v) is 14.3. The number of sulfonamides is 1. The molecule has 0 saturated carbocycles. The number of carbonyl (C=O) groups excluding carboxylic acids is 2. The van der Waals surface area contributed by atoms with Gasteiger partial charge in [-0.25, -0.2) is 8.42 Å². The van der Waals surface area contributed by atoms with Crippen LogP contribution in [0.2, 0.25) is 5.02 Å². The van der Waals surface area contributed by atoms with Crippen molar-refractivity contribution in [2.24, 2.45) is 0 Å². The first-order valence-corrected chi connectivity index (χ1v) is 16.8. The molecule has 248 valence electrons. The van der Waals surface area contributed by atoms with Gasteiger partial charge in [-0.15, -0.1) is 0 Å². The topological polar surface area (TPSA) is 105 Å². The zero-order chi connectivity index (χ0) is 34.2. The summed E-state index contributed by atoms with van der Waals surface area (Å²) >= 11 is 6.16. The molecule has 0 fully saturated rings. The summed E-state index contributed by atoms with van der Waals surface area (Å²) in [6, 6.07) is 27.9. The minimum absolute atomic E-state index is 0.00172. The lowest BCUT2D eigenvalue weighted by molar-refractivity contribution is -0.140. The molecule has 0 aliphatic heterocycles. The van der Waals surface area contributed by atoms with E-state index in [1.807, 2.05) is 51.1 Å². The van der Waals surface area contributed by atoms with Crippen LogP contribution in [0.3, 0.4) is 0 Å². The molecule has 1 atom stereocenters. The van der Waals surface area contributed by atoms with Gasteiger partial charge in [0.2, 0.25) is 11.8 Å². The zero-order valence-electron chi connectivity index (χ0n) is 27.1. The van der Waals surface area contributed by atoms with Crippen LogP contribution in [0.4, 0.5) is 5.69 Å². The van der Waals surface area contributed by atoms with Gasteiger partial charge >= 0.3 is 0 Å². The molecule has 0 radical (unpaired) electrons. The van der Waals surface area contributed by atoms with Gasteiger partial charge in [-0.1, -0.05) is 72.3 Å². The predicted molar refractivity (Wildman–Crippen MR) is 184 cm³/mol. The summed E-state index contributed by atoms with van der Waals surface area (Å²) in [6.45, 7) is 5.01. The number of nitrogens with one attached hydrogen (secondary N) is 1. The molecule has 0 bridgehead atoms. The maximum absolute atomic E-state index is 14.6. The highest BCUT2D eigenvalue weighted by molar-refractivity contribution is 7.92. The van der Waals surface area contributed by atoms with Gasteiger partial charge in [0, 0.05) is 29.6 Å². The van der Waals surface area contributed by atoms with E-state index in [2.05, 4.69) is 5.32 Å². The number of nitrogens with zero attached hydrogens (tertiary/aromatic N) is 2. The molecule has 2 amide bonds. The SMILES string of the molecule is COc1ccc(N(CC(=O)N(Cc2ccc(Cl)cc2)[C@@H](Cc2ccccc2)C(=O)NC(C)(C)C)S(=O)(=O)c2ccccc2)cc1OC. The first-order valence-electron chi connectivity index (χ1n) is 15.0. The predicted octanol–water partition coefficient (Wildman–Crippen LogP) is 6.11. The smallest absolute Gasteiger partial charge is 0.264 e. The Morgan fingerprint density at radius 2 is 1.40 bits per heavy atom. The van der Waals surface area contributed by atoms with Crippen molar-refractivity contribution >= 4 is 39.1 Å². The number of benzene rings is 4. The summed E-state index contributed by atoms with van der Waals surface area (Å²) in [6.07, 6.45) is 0.198. The van der Waals surface area contributed by atoms with Crippen molar-refractivity contribution in [1.82, 2.24) is 10.2 Å². The number of amides is 2.